The molecule has 1 aromatic carbocycles. The molecule has 10 nitrogen and oxygen atoms in total. The molecule has 3 N–H and O–H groups in total. The van der Waals surface area contributed by atoms with Gasteiger partial charge in [0.15, 0.2) is 0 Å². The third-order valence-corrected chi connectivity index (χ3v) is 10.8. The third-order valence-electron chi connectivity index (χ3n) is 9.50. The highest BCUT2D eigenvalue weighted by Crippen LogP contribution is 2.54. The number of fused-ring (bicyclic) bond motifs is 2. The number of amides is 2. The number of halogens is 2. The molecule has 2 aliphatic heterocycles. The first-order valence-corrected chi connectivity index (χ1v) is 16.0. The fourth-order valence-corrected chi connectivity index (χ4v) is 7.53. The molecule has 2 saturated carbocycles. The predicted octanol–water partition coefficient (Wildman–Crippen LogP) is 3.87. The zero-order chi connectivity index (χ0) is 29.9. The number of nitrogens with zero attached hydrogens (tertiary/aromatic N) is 3. The molecule has 3 heterocycles. The van der Waals surface area contributed by atoms with Crippen LogP contribution in [0.4, 0.5) is 31.7 Å². The number of alkyl halides is 2. The van der Waals surface area contributed by atoms with Gasteiger partial charge in [-0.15, -0.1) is 0 Å². The molecule has 226 valence electrons. The average Bonchev–Trinajstić information content (AvgIpc) is 3.67. The van der Waals surface area contributed by atoms with Crippen LogP contribution in [0.5, 0.6) is 0 Å². The van der Waals surface area contributed by atoms with Gasteiger partial charge in [0.05, 0.1) is 46.6 Å². The van der Waals surface area contributed by atoms with Crippen LogP contribution in [0.15, 0.2) is 30.5 Å². The van der Waals surface area contributed by atoms with E-state index in [9.17, 15) is 26.8 Å². The molecule has 4 aliphatic rings. The van der Waals surface area contributed by atoms with Crippen LogP contribution in [0.1, 0.15) is 67.3 Å². The average molecular weight is 604 g/mol. The van der Waals surface area contributed by atoms with Gasteiger partial charge in [0.1, 0.15) is 5.82 Å². The van der Waals surface area contributed by atoms with Crippen molar-refractivity contribution in [3.05, 3.63) is 41.6 Å². The van der Waals surface area contributed by atoms with E-state index in [1.807, 2.05) is 0 Å². The van der Waals surface area contributed by atoms with Crippen LogP contribution < -0.4 is 19.8 Å². The van der Waals surface area contributed by atoms with E-state index < -0.39 is 52.5 Å². The van der Waals surface area contributed by atoms with Gasteiger partial charge in [0, 0.05) is 38.5 Å². The first-order valence-electron chi connectivity index (χ1n) is 14.3. The van der Waals surface area contributed by atoms with Gasteiger partial charge in [0.25, 0.3) is 5.91 Å². The van der Waals surface area contributed by atoms with Crippen LogP contribution in [0, 0.1) is 5.41 Å². The van der Waals surface area contributed by atoms with Crippen molar-refractivity contribution >= 4 is 44.7 Å². The molecule has 0 atom stereocenters. The molecule has 2 spiro atoms. The van der Waals surface area contributed by atoms with Gasteiger partial charge in [-0.2, -0.15) is 0 Å². The van der Waals surface area contributed by atoms with Crippen molar-refractivity contribution in [2.45, 2.75) is 62.7 Å². The molecular formula is C29H35F2N5O5S. The number of aliphatic hydroxyl groups excluding tert-OH is 1. The molecule has 6 rings (SSSR count). The van der Waals surface area contributed by atoms with Crippen molar-refractivity contribution in [1.82, 2.24) is 4.98 Å². The Morgan fingerprint density at radius 2 is 1.71 bits per heavy atom. The number of anilines is 4. The lowest BCUT2D eigenvalue weighted by Crippen LogP contribution is -2.44. The second-order valence-corrected chi connectivity index (χ2v) is 14.1. The first kappa shape index (κ1) is 28.8. The van der Waals surface area contributed by atoms with E-state index in [-0.39, 0.29) is 18.7 Å². The van der Waals surface area contributed by atoms with Crippen molar-refractivity contribution in [2.75, 3.05) is 52.3 Å². The second-order valence-electron chi connectivity index (χ2n) is 12.2. The van der Waals surface area contributed by atoms with E-state index in [0.717, 1.165) is 25.9 Å². The number of likely N-dealkylation sites (N-methyl/N-ethyl adjacent to an activating group) is 1. The SMILES string of the molecule is CN1C(=O)C2(CCC(F)(F)CC2)c2cc(NC(=O)c3ccc(NS(=O)(=O)CCO)cc3N3CCC4(CC3)CC4)cnc21. The number of aliphatic hydroxyl groups is 1. The Morgan fingerprint density at radius 1 is 1.02 bits per heavy atom. The van der Waals surface area contributed by atoms with Gasteiger partial charge in [-0.05, 0) is 68.2 Å². The normalized spacial score (nSPS) is 21.9. The lowest BCUT2D eigenvalue weighted by atomic mass is 9.69. The minimum Gasteiger partial charge on any atom is -0.395 e. The van der Waals surface area contributed by atoms with E-state index in [1.54, 1.807) is 25.2 Å². The summed E-state index contributed by atoms with van der Waals surface area (Å²) in [5, 5.41) is 12.0. The van der Waals surface area contributed by atoms with Gasteiger partial charge in [-0.1, -0.05) is 0 Å². The number of carbonyl (C=O) groups excluding carboxylic acids is 2. The minimum absolute atomic E-state index is 0.00348. The predicted molar refractivity (Wildman–Crippen MR) is 155 cm³/mol. The molecule has 3 fully saturated rings. The van der Waals surface area contributed by atoms with Gasteiger partial charge in [-0.25, -0.2) is 22.2 Å². The number of aromatic nitrogens is 1. The molecular weight excluding hydrogens is 568 g/mol. The molecule has 1 aromatic heterocycles. The Balaban J connectivity index is 1.29. The summed E-state index contributed by atoms with van der Waals surface area (Å²) < 4.78 is 55.1. The first-order chi connectivity index (χ1) is 19.9. The van der Waals surface area contributed by atoms with Crippen LogP contribution in [-0.4, -0.2) is 68.7 Å². The number of hydrogen-bond acceptors (Lipinski definition) is 7. The number of hydrogen-bond donors (Lipinski definition) is 3. The summed E-state index contributed by atoms with van der Waals surface area (Å²) >= 11 is 0. The summed E-state index contributed by atoms with van der Waals surface area (Å²) in [6.07, 6.45) is 5.07. The number of nitrogens with one attached hydrogen (secondary N) is 2. The van der Waals surface area contributed by atoms with Crippen molar-refractivity contribution < 1.29 is 31.9 Å². The molecule has 2 aliphatic carbocycles. The smallest absolute Gasteiger partial charge is 0.257 e. The van der Waals surface area contributed by atoms with E-state index in [4.69, 9.17) is 5.11 Å². The number of carbonyl (C=O) groups is 2. The Labute approximate surface area is 243 Å². The highest BCUT2D eigenvalue weighted by Gasteiger charge is 2.55. The second kappa shape index (κ2) is 10.1. The van der Waals surface area contributed by atoms with Crippen LogP contribution in [0.25, 0.3) is 0 Å². The van der Waals surface area contributed by atoms with E-state index in [2.05, 4.69) is 19.9 Å². The summed E-state index contributed by atoms with van der Waals surface area (Å²) in [6.45, 7) is 0.945. The Bertz CT molecular complexity index is 1520. The standard InChI is InChI=1S/C29H35F2N5O5S/c1-35-24-22(28(26(35)39)6-8-29(30,31)9-7-28)16-20(18-32-24)33-25(38)21-3-2-19(34-42(40,41)15-14-37)17-23(21)36-12-10-27(4-5-27)11-13-36/h2-3,16-18,34,37H,4-15H2,1H3,(H,33,38). The maximum Gasteiger partial charge on any atom is 0.257 e. The zero-order valence-corrected chi connectivity index (χ0v) is 24.3. The fourth-order valence-electron chi connectivity index (χ4n) is 6.70. The molecule has 42 heavy (non-hydrogen) atoms. The lowest BCUT2D eigenvalue weighted by Gasteiger charge is -2.36. The summed E-state index contributed by atoms with van der Waals surface area (Å²) in [4.78, 5) is 34.8. The minimum atomic E-state index is -3.76. The lowest BCUT2D eigenvalue weighted by molar-refractivity contribution is -0.127. The van der Waals surface area contributed by atoms with Gasteiger partial charge < -0.3 is 15.3 Å². The molecule has 2 aromatic rings. The monoisotopic (exact) mass is 603 g/mol. The van der Waals surface area contributed by atoms with Crippen molar-refractivity contribution in [2.24, 2.45) is 5.41 Å². The maximum atomic E-state index is 14.0. The number of sulfonamides is 1. The maximum absolute atomic E-state index is 14.0. The fraction of sp³-hybridized carbons (Fsp3) is 0.552. The third kappa shape index (κ3) is 5.21. The van der Waals surface area contributed by atoms with Crippen LogP contribution >= 0.6 is 0 Å². The Kier molecular flexibility index (Phi) is 6.95. The molecule has 1 saturated heterocycles. The Morgan fingerprint density at radius 3 is 2.36 bits per heavy atom. The van der Waals surface area contributed by atoms with Crippen LogP contribution in [0.2, 0.25) is 0 Å². The molecule has 0 unspecified atom stereocenters. The Hall–Kier alpha value is -3.32. The number of pyridine rings is 1. The number of rotatable bonds is 7. The number of piperidine rings is 1. The van der Waals surface area contributed by atoms with Crippen molar-refractivity contribution in [3.8, 4) is 0 Å². The summed E-state index contributed by atoms with van der Waals surface area (Å²) in [7, 11) is -2.18. The van der Waals surface area contributed by atoms with Crippen molar-refractivity contribution in [1.29, 1.82) is 0 Å². The quantitative estimate of drug-likeness (QED) is 0.438. The van der Waals surface area contributed by atoms with E-state index in [0.29, 0.717) is 39.4 Å². The summed E-state index contributed by atoms with van der Waals surface area (Å²) in [5.74, 6) is -3.55. The van der Waals surface area contributed by atoms with E-state index in [1.165, 1.54) is 30.0 Å². The highest BCUT2D eigenvalue weighted by molar-refractivity contribution is 7.92. The number of benzene rings is 1. The molecule has 13 heteroatoms. The van der Waals surface area contributed by atoms with Crippen molar-refractivity contribution in [3.63, 3.8) is 0 Å². The van der Waals surface area contributed by atoms with Gasteiger partial charge >= 0.3 is 0 Å². The van der Waals surface area contributed by atoms with Crippen LogP contribution in [0.3, 0.4) is 0 Å². The largest absolute Gasteiger partial charge is 0.395 e. The summed E-state index contributed by atoms with van der Waals surface area (Å²) in [5.41, 5.74) is 1.40. The van der Waals surface area contributed by atoms with Gasteiger partial charge in [0.2, 0.25) is 21.9 Å². The van der Waals surface area contributed by atoms with Gasteiger partial charge in [-0.3, -0.25) is 19.2 Å². The molecule has 2 amide bonds. The molecule has 0 bridgehead atoms. The highest BCUT2D eigenvalue weighted by atomic mass is 32.2. The van der Waals surface area contributed by atoms with E-state index >= 15 is 0 Å². The zero-order valence-electron chi connectivity index (χ0n) is 23.5. The summed E-state index contributed by atoms with van der Waals surface area (Å²) in [6, 6.07) is 6.37. The molecule has 0 radical (unpaired) electrons. The van der Waals surface area contributed by atoms with Crippen LogP contribution in [-0.2, 0) is 20.2 Å². The topological polar surface area (TPSA) is 132 Å².